The summed E-state index contributed by atoms with van der Waals surface area (Å²) in [7, 11) is 0. The molecule has 1 fully saturated rings. The summed E-state index contributed by atoms with van der Waals surface area (Å²) in [6.45, 7) is -5.27. The van der Waals surface area contributed by atoms with Crippen molar-refractivity contribution in [2.75, 3.05) is 19.6 Å². The lowest BCUT2D eigenvalue weighted by Crippen LogP contribution is -2.45. The summed E-state index contributed by atoms with van der Waals surface area (Å²) in [4.78, 5) is 46.6. The SMILES string of the molecule is [2H]C1([2H])N(C(=O)N2CCCCC2)Cc2cc(F)cc3c(C4=C(c5cnc6ccccn56)C(=O)NC4=O)cn(c23)C1([2H])[2H]. The van der Waals surface area contributed by atoms with Crippen molar-refractivity contribution in [1.82, 2.24) is 29.1 Å². The molecule has 0 bridgehead atoms. The summed E-state index contributed by atoms with van der Waals surface area (Å²) < 4.78 is 53.7. The predicted molar refractivity (Wildman–Crippen MR) is 138 cm³/mol. The van der Waals surface area contributed by atoms with Crippen LogP contribution in [-0.2, 0) is 22.6 Å². The molecule has 0 saturated carbocycles. The van der Waals surface area contributed by atoms with Crippen LogP contribution in [0, 0.1) is 5.82 Å². The Bertz CT molecular complexity index is 1870. The Balaban J connectivity index is 1.47. The second-order valence-corrected chi connectivity index (χ2v) is 9.62. The monoisotopic (exact) mass is 516 g/mol. The lowest BCUT2D eigenvalue weighted by molar-refractivity contribution is -0.122. The first-order valence-electron chi connectivity index (χ1n) is 14.4. The Labute approximate surface area is 222 Å². The quantitative estimate of drug-likeness (QED) is 0.414. The fourth-order valence-electron chi connectivity index (χ4n) is 5.59. The van der Waals surface area contributed by atoms with Gasteiger partial charge in [-0.3, -0.25) is 19.3 Å². The fraction of sp³-hybridized carbons (Fsp3) is 0.286. The Morgan fingerprint density at radius 2 is 1.84 bits per heavy atom. The summed E-state index contributed by atoms with van der Waals surface area (Å²) >= 11 is 0. The Kier molecular flexibility index (Phi) is 4.21. The van der Waals surface area contributed by atoms with Gasteiger partial charge in [-0.25, -0.2) is 14.2 Å². The number of amides is 4. The molecule has 1 saturated heterocycles. The molecule has 7 rings (SSSR count). The number of pyridine rings is 1. The number of fused-ring (bicyclic) bond motifs is 1. The molecule has 0 spiro atoms. The van der Waals surface area contributed by atoms with E-state index < -0.39 is 43.2 Å². The summed E-state index contributed by atoms with van der Waals surface area (Å²) in [5, 5.41) is 2.40. The van der Waals surface area contributed by atoms with E-state index in [-0.39, 0.29) is 33.2 Å². The zero-order chi connectivity index (χ0) is 29.6. The van der Waals surface area contributed by atoms with Crippen molar-refractivity contribution in [3.05, 3.63) is 71.6 Å². The summed E-state index contributed by atoms with van der Waals surface area (Å²) in [6.07, 6.45) is 6.82. The average molecular weight is 517 g/mol. The van der Waals surface area contributed by atoms with Gasteiger partial charge in [0.05, 0.1) is 34.0 Å². The third kappa shape index (κ3) is 3.43. The van der Waals surface area contributed by atoms with E-state index in [1.54, 1.807) is 28.8 Å². The maximum absolute atomic E-state index is 15.2. The number of aryl methyl sites for hydroxylation is 1. The molecule has 38 heavy (non-hydrogen) atoms. The molecule has 1 aromatic carbocycles. The third-order valence-electron chi connectivity index (χ3n) is 7.31. The van der Waals surface area contributed by atoms with Crippen LogP contribution in [0.1, 0.15) is 41.6 Å². The molecule has 0 radical (unpaired) electrons. The van der Waals surface area contributed by atoms with Gasteiger partial charge in [-0.15, -0.1) is 0 Å². The number of halogens is 1. The van der Waals surface area contributed by atoms with Crippen molar-refractivity contribution in [2.24, 2.45) is 0 Å². The number of likely N-dealkylation sites (tertiary alicyclic amines) is 1. The fourth-order valence-corrected chi connectivity index (χ4v) is 5.59. The highest BCUT2D eigenvalue weighted by atomic mass is 19.1. The molecule has 4 aromatic rings. The van der Waals surface area contributed by atoms with Gasteiger partial charge in [-0.1, -0.05) is 6.07 Å². The van der Waals surface area contributed by atoms with Crippen LogP contribution in [0.25, 0.3) is 27.7 Å². The number of nitrogens with one attached hydrogen (secondary N) is 1. The predicted octanol–water partition coefficient (Wildman–Crippen LogP) is 3.42. The minimum Gasteiger partial charge on any atom is -0.345 e. The van der Waals surface area contributed by atoms with Crippen molar-refractivity contribution in [3.63, 3.8) is 0 Å². The highest BCUT2D eigenvalue weighted by Gasteiger charge is 2.36. The molecular formula is C28H25FN6O3. The number of nitrogens with zero attached hydrogens (tertiary/aromatic N) is 5. The molecule has 9 nitrogen and oxygen atoms in total. The molecular weight excluding hydrogens is 487 g/mol. The van der Waals surface area contributed by atoms with Gasteiger partial charge in [0.25, 0.3) is 11.8 Å². The van der Waals surface area contributed by atoms with Crippen LogP contribution in [0.4, 0.5) is 9.18 Å². The first-order valence-corrected chi connectivity index (χ1v) is 12.4. The normalized spacial score (nSPS) is 22.2. The lowest BCUT2D eigenvalue weighted by atomic mass is 9.98. The van der Waals surface area contributed by atoms with Crippen LogP contribution in [0.15, 0.2) is 48.9 Å². The van der Waals surface area contributed by atoms with Gasteiger partial charge >= 0.3 is 6.03 Å². The van der Waals surface area contributed by atoms with Crippen molar-refractivity contribution >= 4 is 45.5 Å². The zero-order valence-corrected chi connectivity index (χ0v) is 20.2. The van der Waals surface area contributed by atoms with Crippen molar-refractivity contribution in [1.29, 1.82) is 0 Å². The number of hydrogen-bond acceptors (Lipinski definition) is 4. The third-order valence-corrected chi connectivity index (χ3v) is 7.31. The lowest BCUT2D eigenvalue weighted by Gasteiger charge is -2.32. The van der Waals surface area contributed by atoms with Gasteiger partial charge in [0.1, 0.15) is 11.5 Å². The number of rotatable bonds is 2. The molecule has 1 N–H and O–H groups in total. The molecule has 3 aliphatic heterocycles. The van der Waals surface area contributed by atoms with Crippen molar-refractivity contribution in [2.45, 2.75) is 32.3 Å². The number of piperidine rings is 1. The van der Waals surface area contributed by atoms with E-state index in [1.165, 1.54) is 17.3 Å². The minimum absolute atomic E-state index is 0.0221. The van der Waals surface area contributed by atoms with Crippen LogP contribution in [0.5, 0.6) is 0 Å². The summed E-state index contributed by atoms with van der Waals surface area (Å²) in [6, 6.07) is 6.85. The van der Waals surface area contributed by atoms with E-state index in [2.05, 4.69) is 10.3 Å². The molecule has 0 atom stereocenters. The van der Waals surface area contributed by atoms with E-state index in [9.17, 15) is 14.4 Å². The van der Waals surface area contributed by atoms with Crippen LogP contribution in [0.3, 0.4) is 0 Å². The number of aromatic nitrogens is 3. The molecule has 3 aliphatic rings. The van der Waals surface area contributed by atoms with E-state index in [1.807, 2.05) is 0 Å². The molecule has 3 aromatic heterocycles. The number of carbonyl (C=O) groups excluding carboxylic acids is 3. The molecule has 6 heterocycles. The number of benzene rings is 1. The van der Waals surface area contributed by atoms with E-state index in [0.717, 1.165) is 40.9 Å². The Hall–Kier alpha value is -4.47. The number of carbonyl (C=O) groups is 3. The van der Waals surface area contributed by atoms with Gasteiger partial charge < -0.3 is 14.4 Å². The van der Waals surface area contributed by atoms with Crippen LogP contribution in [0.2, 0.25) is 0 Å². The Morgan fingerprint density at radius 3 is 2.68 bits per heavy atom. The number of urea groups is 1. The maximum atomic E-state index is 15.2. The maximum Gasteiger partial charge on any atom is 0.320 e. The molecule has 10 heteroatoms. The van der Waals surface area contributed by atoms with Crippen LogP contribution < -0.4 is 5.32 Å². The molecule has 192 valence electrons. The standard InChI is InChI=1S/C28H25FN6O3/c29-18-12-17-15-34(28(38)32-7-3-1-4-8-32)11-10-33-16-20(19(13-18)25(17)33)23-24(27(37)31-26(23)36)21-14-30-22-6-2-5-9-35(21)22/h2,5-6,9,12-14,16H,1,3-4,7-8,10-11,15H2,(H,31,36,37)/i10D2,11D2. The van der Waals surface area contributed by atoms with Gasteiger partial charge in [0.2, 0.25) is 0 Å². The summed E-state index contributed by atoms with van der Waals surface area (Å²) in [5.74, 6) is -2.17. The van der Waals surface area contributed by atoms with Crippen molar-refractivity contribution < 1.29 is 24.3 Å². The van der Waals surface area contributed by atoms with Gasteiger partial charge in [0.15, 0.2) is 0 Å². The topological polar surface area (TPSA) is 92.0 Å². The number of imidazole rings is 1. The summed E-state index contributed by atoms with van der Waals surface area (Å²) in [5.41, 5.74) is 1.07. The van der Waals surface area contributed by atoms with E-state index in [0.29, 0.717) is 24.4 Å². The van der Waals surface area contributed by atoms with Crippen molar-refractivity contribution in [3.8, 4) is 0 Å². The highest BCUT2D eigenvalue weighted by Crippen LogP contribution is 2.38. The van der Waals surface area contributed by atoms with Crippen LogP contribution in [-0.4, -0.2) is 61.2 Å². The van der Waals surface area contributed by atoms with Gasteiger partial charge in [-0.05, 0) is 49.1 Å². The number of imide groups is 1. The molecule has 0 aliphatic carbocycles. The minimum atomic E-state index is -2.87. The second kappa shape index (κ2) is 8.54. The average Bonchev–Trinajstić information content (AvgIpc) is 3.62. The first kappa shape index (κ1) is 18.7. The second-order valence-electron chi connectivity index (χ2n) is 9.62. The van der Waals surface area contributed by atoms with E-state index in [4.69, 9.17) is 5.48 Å². The first-order chi connectivity index (χ1) is 20.0. The molecule has 4 amide bonds. The number of hydrogen-bond donors (Lipinski definition) is 1. The van der Waals surface area contributed by atoms with Gasteiger partial charge in [0, 0.05) is 56.0 Å². The largest absolute Gasteiger partial charge is 0.345 e. The van der Waals surface area contributed by atoms with Crippen LogP contribution >= 0.6 is 0 Å². The zero-order valence-electron chi connectivity index (χ0n) is 24.2. The van der Waals surface area contributed by atoms with Gasteiger partial charge in [-0.2, -0.15) is 0 Å². The smallest absolute Gasteiger partial charge is 0.320 e. The highest BCUT2D eigenvalue weighted by molar-refractivity contribution is 6.49. The molecule has 0 unspecified atom stereocenters. The van der Waals surface area contributed by atoms with E-state index >= 15 is 4.39 Å². The Morgan fingerprint density at radius 1 is 1.03 bits per heavy atom.